The Balaban J connectivity index is 1.92. The van der Waals surface area contributed by atoms with Gasteiger partial charge in [-0.05, 0) is 51.2 Å². The molecule has 0 spiro atoms. The molecule has 0 N–H and O–H groups in total. The van der Waals surface area contributed by atoms with Crippen molar-refractivity contribution in [1.82, 2.24) is 0 Å². The quantitative estimate of drug-likeness (QED) is 0.774. The van der Waals surface area contributed by atoms with E-state index in [0.717, 1.165) is 42.7 Å². The van der Waals surface area contributed by atoms with Crippen LogP contribution in [0.4, 0.5) is 0 Å². The fourth-order valence-corrected chi connectivity index (χ4v) is 2.49. The van der Waals surface area contributed by atoms with Gasteiger partial charge in [0.25, 0.3) is 0 Å². The minimum Gasteiger partial charge on any atom is -0.381 e. The third-order valence-electron chi connectivity index (χ3n) is 3.95. The third-order valence-corrected chi connectivity index (χ3v) is 3.95. The lowest BCUT2D eigenvalue weighted by atomic mass is 9.99. The van der Waals surface area contributed by atoms with Gasteiger partial charge in [-0.3, -0.25) is 4.79 Å². The highest BCUT2D eigenvalue weighted by atomic mass is 16.5. The first-order chi connectivity index (χ1) is 9.58. The second-order valence-corrected chi connectivity index (χ2v) is 5.71. The van der Waals surface area contributed by atoms with E-state index in [4.69, 9.17) is 9.47 Å². The number of rotatable bonds is 5. The Hall–Kier alpha value is -1.19. The highest BCUT2D eigenvalue weighted by Crippen LogP contribution is 2.18. The summed E-state index contributed by atoms with van der Waals surface area (Å²) in [5, 5.41) is 0. The first-order valence-electron chi connectivity index (χ1n) is 7.38. The first kappa shape index (κ1) is 15.2. The van der Waals surface area contributed by atoms with Gasteiger partial charge >= 0.3 is 0 Å². The van der Waals surface area contributed by atoms with E-state index in [0.29, 0.717) is 12.5 Å². The van der Waals surface area contributed by atoms with Gasteiger partial charge in [0.15, 0.2) is 5.78 Å². The summed E-state index contributed by atoms with van der Waals surface area (Å²) in [5.74, 6) is 0.607. The van der Waals surface area contributed by atoms with Crippen molar-refractivity contribution < 1.29 is 14.3 Å². The molecule has 2 rings (SSSR count). The maximum Gasteiger partial charge on any atom is 0.191 e. The molecule has 0 radical (unpaired) electrons. The zero-order valence-electron chi connectivity index (χ0n) is 12.6. The van der Waals surface area contributed by atoms with Crippen LogP contribution in [0.1, 0.15) is 41.3 Å². The summed E-state index contributed by atoms with van der Waals surface area (Å²) in [4.78, 5) is 12.4. The summed E-state index contributed by atoms with van der Waals surface area (Å²) >= 11 is 0. The molecule has 1 heterocycles. The summed E-state index contributed by atoms with van der Waals surface area (Å²) in [6.07, 6.45) is 1.69. The van der Waals surface area contributed by atoms with Crippen molar-refractivity contribution in [3.63, 3.8) is 0 Å². The van der Waals surface area contributed by atoms with Crippen molar-refractivity contribution in [2.24, 2.45) is 5.92 Å². The van der Waals surface area contributed by atoms with E-state index in [1.54, 1.807) is 0 Å². The predicted octanol–water partition coefficient (Wildman–Crippen LogP) is 3.32. The van der Waals surface area contributed by atoms with Gasteiger partial charge < -0.3 is 9.47 Å². The van der Waals surface area contributed by atoms with Gasteiger partial charge in [-0.1, -0.05) is 17.7 Å². The number of ether oxygens (including phenoxy) is 2. The van der Waals surface area contributed by atoms with Gasteiger partial charge in [-0.25, -0.2) is 0 Å². The molecule has 3 heteroatoms. The van der Waals surface area contributed by atoms with Crippen LogP contribution in [-0.4, -0.2) is 31.7 Å². The summed E-state index contributed by atoms with van der Waals surface area (Å²) in [5.41, 5.74) is 2.90. The lowest BCUT2D eigenvalue weighted by Crippen LogP contribution is -2.27. The molecule has 1 atom stereocenters. The van der Waals surface area contributed by atoms with Crippen LogP contribution >= 0.6 is 0 Å². The maximum atomic E-state index is 12.4. The Labute approximate surface area is 121 Å². The van der Waals surface area contributed by atoms with E-state index in [1.165, 1.54) is 0 Å². The van der Waals surface area contributed by atoms with Gasteiger partial charge in [0.2, 0.25) is 0 Å². The first-order valence-corrected chi connectivity index (χ1v) is 7.38. The van der Waals surface area contributed by atoms with Crippen LogP contribution in [0.25, 0.3) is 0 Å². The number of aryl methyl sites for hydroxylation is 2. The fourth-order valence-electron chi connectivity index (χ4n) is 2.49. The number of carbonyl (C=O) groups excluding carboxylic acids is 1. The van der Waals surface area contributed by atoms with E-state index < -0.39 is 0 Å². The third kappa shape index (κ3) is 3.90. The van der Waals surface area contributed by atoms with Gasteiger partial charge in [0.1, 0.15) is 6.10 Å². The van der Waals surface area contributed by atoms with Crippen LogP contribution < -0.4 is 0 Å². The van der Waals surface area contributed by atoms with E-state index in [2.05, 4.69) is 0 Å². The van der Waals surface area contributed by atoms with Crippen molar-refractivity contribution in [2.45, 2.75) is 39.7 Å². The van der Waals surface area contributed by atoms with Crippen LogP contribution in [0.15, 0.2) is 18.2 Å². The average Bonchev–Trinajstić information content (AvgIpc) is 2.47. The minimum atomic E-state index is -0.377. The lowest BCUT2D eigenvalue weighted by molar-refractivity contribution is -0.000237. The lowest BCUT2D eigenvalue weighted by Gasteiger charge is -2.23. The number of Topliss-reactive ketones (excluding diaryl/α,β-unsaturated/α-hetero) is 1. The molecule has 3 nitrogen and oxygen atoms in total. The highest BCUT2D eigenvalue weighted by Gasteiger charge is 2.20. The normalized spacial score (nSPS) is 17.9. The highest BCUT2D eigenvalue weighted by molar-refractivity contribution is 6.00. The van der Waals surface area contributed by atoms with E-state index in [1.807, 2.05) is 39.0 Å². The van der Waals surface area contributed by atoms with Crippen molar-refractivity contribution >= 4 is 5.78 Å². The van der Waals surface area contributed by atoms with Crippen molar-refractivity contribution in [3.8, 4) is 0 Å². The average molecular weight is 276 g/mol. The zero-order chi connectivity index (χ0) is 14.5. The summed E-state index contributed by atoms with van der Waals surface area (Å²) in [6, 6.07) is 5.97. The zero-order valence-corrected chi connectivity index (χ0v) is 12.6. The van der Waals surface area contributed by atoms with Crippen LogP contribution in [0.3, 0.4) is 0 Å². The molecule has 1 fully saturated rings. The number of benzene rings is 1. The van der Waals surface area contributed by atoms with Gasteiger partial charge in [0, 0.05) is 18.8 Å². The van der Waals surface area contributed by atoms with Gasteiger partial charge in [0.05, 0.1) is 6.61 Å². The molecule has 1 aromatic rings. The van der Waals surface area contributed by atoms with E-state index in [-0.39, 0.29) is 11.9 Å². The largest absolute Gasteiger partial charge is 0.381 e. The van der Waals surface area contributed by atoms with Gasteiger partial charge in [-0.15, -0.1) is 0 Å². The fraction of sp³-hybridized carbons (Fsp3) is 0.588. The maximum absolute atomic E-state index is 12.4. The topological polar surface area (TPSA) is 35.5 Å². The van der Waals surface area contributed by atoms with Crippen molar-refractivity contribution in [2.75, 3.05) is 19.8 Å². The molecule has 1 aliphatic heterocycles. The summed E-state index contributed by atoms with van der Waals surface area (Å²) < 4.78 is 11.1. The summed E-state index contributed by atoms with van der Waals surface area (Å²) in [7, 11) is 0. The molecule has 0 saturated carbocycles. The molecule has 0 bridgehead atoms. The Morgan fingerprint density at radius 3 is 2.75 bits per heavy atom. The van der Waals surface area contributed by atoms with E-state index >= 15 is 0 Å². The Morgan fingerprint density at radius 2 is 2.05 bits per heavy atom. The Bertz CT molecular complexity index is 461. The Kier molecular flexibility index (Phi) is 5.32. The molecule has 0 amide bonds. The number of carbonyl (C=O) groups is 1. The van der Waals surface area contributed by atoms with E-state index in [9.17, 15) is 4.79 Å². The molecular formula is C17H24O3. The van der Waals surface area contributed by atoms with Crippen LogP contribution in [0.2, 0.25) is 0 Å². The molecular weight excluding hydrogens is 252 g/mol. The molecule has 1 unspecified atom stereocenters. The molecule has 110 valence electrons. The molecule has 0 aromatic heterocycles. The second kappa shape index (κ2) is 7.00. The van der Waals surface area contributed by atoms with Crippen LogP contribution in [0.5, 0.6) is 0 Å². The van der Waals surface area contributed by atoms with Crippen LogP contribution in [0, 0.1) is 19.8 Å². The minimum absolute atomic E-state index is 0.0817. The SMILES string of the molecule is Cc1ccc(C)c(C(=O)C(C)OCC2CCOCC2)c1. The summed E-state index contributed by atoms with van der Waals surface area (Å²) in [6.45, 7) is 8.10. The standard InChI is InChI=1S/C17H24O3/c1-12-4-5-13(2)16(10-12)17(18)14(3)20-11-15-6-8-19-9-7-15/h4-5,10,14-15H,6-9,11H2,1-3H3. The second-order valence-electron chi connectivity index (χ2n) is 5.71. The molecule has 20 heavy (non-hydrogen) atoms. The van der Waals surface area contributed by atoms with Gasteiger partial charge in [-0.2, -0.15) is 0 Å². The predicted molar refractivity (Wildman–Crippen MR) is 79.2 cm³/mol. The number of hydrogen-bond acceptors (Lipinski definition) is 3. The Morgan fingerprint density at radius 1 is 1.35 bits per heavy atom. The molecule has 1 aliphatic rings. The van der Waals surface area contributed by atoms with Crippen molar-refractivity contribution in [1.29, 1.82) is 0 Å². The van der Waals surface area contributed by atoms with Crippen molar-refractivity contribution in [3.05, 3.63) is 34.9 Å². The molecule has 1 aromatic carbocycles. The smallest absolute Gasteiger partial charge is 0.191 e. The number of ketones is 1. The monoisotopic (exact) mass is 276 g/mol. The molecule has 1 saturated heterocycles. The number of hydrogen-bond donors (Lipinski definition) is 0. The van der Waals surface area contributed by atoms with Crippen LogP contribution in [-0.2, 0) is 9.47 Å². The molecule has 0 aliphatic carbocycles.